The largest absolute Gasteiger partial charge is 0.497 e. The van der Waals surface area contributed by atoms with Crippen molar-refractivity contribution in [3.05, 3.63) is 29.8 Å². The van der Waals surface area contributed by atoms with Crippen molar-refractivity contribution in [2.75, 3.05) is 7.11 Å². The molecule has 1 unspecified atom stereocenters. The lowest BCUT2D eigenvalue weighted by Crippen LogP contribution is -2.46. The van der Waals surface area contributed by atoms with Crippen LogP contribution < -0.4 is 4.74 Å². The molecule has 4 heteroatoms. The fraction of sp³-hybridized carbons (Fsp3) is 0.474. The zero-order valence-electron chi connectivity index (χ0n) is 13.3. The number of cyclic esters (lactones) is 1. The molecule has 1 atom stereocenters. The number of benzene rings is 1. The van der Waals surface area contributed by atoms with Crippen molar-refractivity contribution in [2.45, 2.75) is 44.1 Å². The van der Waals surface area contributed by atoms with Crippen LogP contribution in [-0.4, -0.2) is 24.5 Å². The maximum atomic E-state index is 12.0. The molecule has 1 aromatic carbocycles. The van der Waals surface area contributed by atoms with E-state index in [1.54, 1.807) is 7.11 Å². The van der Waals surface area contributed by atoms with Gasteiger partial charge >= 0.3 is 5.97 Å². The number of Topliss-reactive ketones (excluding diaryl/α,β-unsaturated/α-hetero) is 1. The van der Waals surface area contributed by atoms with Gasteiger partial charge in [0.25, 0.3) is 0 Å². The second-order valence-corrected chi connectivity index (χ2v) is 6.22. The minimum absolute atomic E-state index is 0.0721. The number of ether oxygens (including phenoxy) is 2. The maximum absolute atomic E-state index is 12.0. The van der Waals surface area contributed by atoms with Crippen molar-refractivity contribution in [3.63, 3.8) is 0 Å². The Morgan fingerprint density at radius 3 is 2.48 bits per heavy atom. The van der Waals surface area contributed by atoms with Crippen LogP contribution in [0.2, 0.25) is 0 Å². The molecule has 0 amide bonds. The van der Waals surface area contributed by atoms with Crippen LogP contribution in [0.25, 0.3) is 0 Å². The second kappa shape index (κ2) is 6.45. The van der Waals surface area contributed by atoms with E-state index >= 15 is 0 Å². The monoisotopic (exact) mass is 312 g/mol. The number of ketones is 1. The SMILES string of the molecule is COc1ccc(C#CC2(C3CCCC3)CC(=O)CC(=O)O2)cc1. The van der Waals surface area contributed by atoms with Crippen LogP contribution in [0.3, 0.4) is 0 Å². The summed E-state index contributed by atoms with van der Waals surface area (Å²) in [6.45, 7) is 0. The van der Waals surface area contributed by atoms with Gasteiger partial charge in [-0.1, -0.05) is 18.8 Å². The van der Waals surface area contributed by atoms with Crippen molar-refractivity contribution in [1.29, 1.82) is 0 Å². The summed E-state index contributed by atoms with van der Waals surface area (Å²) in [6, 6.07) is 7.40. The van der Waals surface area contributed by atoms with Gasteiger partial charge in [0.2, 0.25) is 0 Å². The third-order valence-electron chi connectivity index (χ3n) is 4.62. The summed E-state index contributed by atoms with van der Waals surface area (Å²) in [5, 5.41) is 0. The Labute approximate surface area is 136 Å². The van der Waals surface area contributed by atoms with Gasteiger partial charge in [0, 0.05) is 11.5 Å². The summed E-state index contributed by atoms with van der Waals surface area (Å²) in [7, 11) is 1.61. The highest BCUT2D eigenvalue weighted by Gasteiger charge is 2.47. The molecular formula is C19H20O4. The fourth-order valence-corrected chi connectivity index (χ4v) is 3.44. The predicted molar refractivity (Wildman–Crippen MR) is 84.9 cm³/mol. The Kier molecular flexibility index (Phi) is 4.38. The first-order valence-electron chi connectivity index (χ1n) is 8.02. The highest BCUT2D eigenvalue weighted by molar-refractivity contribution is 5.98. The van der Waals surface area contributed by atoms with Crippen LogP contribution in [0.1, 0.15) is 44.1 Å². The highest BCUT2D eigenvalue weighted by atomic mass is 16.6. The molecule has 3 rings (SSSR count). The molecule has 1 aromatic rings. The molecule has 2 fully saturated rings. The number of hydrogen-bond acceptors (Lipinski definition) is 4. The van der Waals surface area contributed by atoms with Crippen LogP contribution in [0, 0.1) is 17.8 Å². The molecule has 4 nitrogen and oxygen atoms in total. The van der Waals surface area contributed by atoms with Crippen LogP contribution in [-0.2, 0) is 14.3 Å². The summed E-state index contributed by atoms with van der Waals surface area (Å²) in [6.07, 6.45) is 4.20. The summed E-state index contributed by atoms with van der Waals surface area (Å²) >= 11 is 0. The zero-order chi connectivity index (χ0) is 16.3. The first kappa shape index (κ1) is 15.6. The van der Waals surface area contributed by atoms with Crippen molar-refractivity contribution in [3.8, 4) is 17.6 Å². The standard InChI is InChI=1S/C19H20O4/c1-22-17-8-6-14(7-9-17)10-11-19(15-4-2-3-5-15)13-16(20)12-18(21)23-19/h6-9,15H,2-5,12-13H2,1H3. The van der Waals surface area contributed by atoms with Gasteiger partial charge in [-0.3, -0.25) is 9.59 Å². The first-order valence-corrected chi connectivity index (χ1v) is 8.02. The summed E-state index contributed by atoms with van der Waals surface area (Å²) in [4.78, 5) is 23.8. The van der Waals surface area contributed by atoms with Crippen LogP contribution >= 0.6 is 0 Å². The fourth-order valence-electron chi connectivity index (χ4n) is 3.44. The summed E-state index contributed by atoms with van der Waals surface area (Å²) < 4.78 is 10.8. The highest BCUT2D eigenvalue weighted by Crippen LogP contribution is 2.40. The Balaban J connectivity index is 1.91. The van der Waals surface area contributed by atoms with E-state index in [-0.39, 0.29) is 24.5 Å². The van der Waals surface area contributed by atoms with Crippen LogP contribution in [0.4, 0.5) is 0 Å². The maximum Gasteiger partial charge on any atom is 0.314 e. The molecule has 0 radical (unpaired) electrons. The van der Waals surface area contributed by atoms with Crippen molar-refractivity contribution < 1.29 is 19.1 Å². The van der Waals surface area contributed by atoms with E-state index in [0.717, 1.165) is 37.0 Å². The lowest BCUT2D eigenvalue weighted by molar-refractivity contribution is -0.168. The molecule has 120 valence electrons. The Morgan fingerprint density at radius 2 is 1.87 bits per heavy atom. The van der Waals surface area contributed by atoms with Crippen molar-refractivity contribution >= 4 is 11.8 Å². The number of carbonyl (C=O) groups excluding carboxylic acids is 2. The lowest BCUT2D eigenvalue weighted by Gasteiger charge is -2.36. The summed E-state index contributed by atoms with van der Waals surface area (Å²) in [5.74, 6) is 6.63. The molecule has 1 heterocycles. The van der Waals surface area contributed by atoms with Crippen LogP contribution in [0.5, 0.6) is 5.75 Å². The van der Waals surface area contributed by atoms with E-state index in [1.807, 2.05) is 24.3 Å². The molecule has 0 N–H and O–H groups in total. The first-order chi connectivity index (χ1) is 11.1. The van der Waals surface area contributed by atoms with Gasteiger partial charge in [-0.25, -0.2) is 0 Å². The molecule has 0 aromatic heterocycles. The number of methoxy groups -OCH3 is 1. The van der Waals surface area contributed by atoms with Gasteiger partial charge in [-0.15, -0.1) is 0 Å². The van der Waals surface area contributed by atoms with Gasteiger partial charge in [0.15, 0.2) is 5.60 Å². The van der Waals surface area contributed by atoms with E-state index in [2.05, 4.69) is 11.8 Å². The van der Waals surface area contributed by atoms with E-state index < -0.39 is 11.6 Å². The second-order valence-electron chi connectivity index (χ2n) is 6.22. The van der Waals surface area contributed by atoms with Gasteiger partial charge in [0.1, 0.15) is 18.0 Å². The lowest BCUT2D eigenvalue weighted by atomic mass is 9.80. The normalized spacial score (nSPS) is 24.7. The topological polar surface area (TPSA) is 52.6 Å². The summed E-state index contributed by atoms with van der Waals surface area (Å²) in [5.41, 5.74) is -0.125. The number of rotatable bonds is 2. The number of hydrogen-bond donors (Lipinski definition) is 0. The minimum Gasteiger partial charge on any atom is -0.497 e. The number of esters is 1. The van der Waals surface area contributed by atoms with Crippen LogP contribution in [0.15, 0.2) is 24.3 Å². The molecule has 23 heavy (non-hydrogen) atoms. The minimum atomic E-state index is -0.942. The third-order valence-corrected chi connectivity index (χ3v) is 4.62. The smallest absolute Gasteiger partial charge is 0.314 e. The van der Waals surface area contributed by atoms with Crippen molar-refractivity contribution in [2.24, 2.45) is 5.92 Å². The van der Waals surface area contributed by atoms with Crippen molar-refractivity contribution in [1.82, 2.24) is 0 Å². The van der Waals surface area contributed by atoms with Gasteiger partial charge in [-0.05, 0) is 43.0 Å². The Bertz CT molecular complexity index is 641. The molecule has 0 bridgehead atoms. The molecule has 0 spiro atoms. The van der Waals surface area contributed by atoms with E-state index in [0.29, 0.717) is 0 Å². The van der Waals surface area contributed by atoms with E-state index in [9.17, 15) is 9.59 Å². The average Bonchev–Trinajstić information content (AvgIpc) is 3.08. The zero-order valence-corrected chi connectivity index (χ0v) is 13.3. The molecule has 1 saturated carbocycles. The number of carbonyl (C=O) groups is 2. The average molecular weight is 312 g/mol. The third kappa shape index (κ3) is 3.39. The van der Waals surface area contributed by atoms with Gasteiger partial charge < -0.3 is 9.47 Å². The Morgan fingerprint density at radius 1 is 1.17 bits per heavy atom. The Hall–Kier alpha value is -2.28. The van der Waals surface area contributed by atoms with Gasteiger partial charge in [-0.2, -0.15) is 0 Å². The van der Waals surface area contributed by atoms with Gasteiger partial charge in [0.05, 0.1) is 13.5 Å². The predicted octanol–water partition coefficient (Wildman–Crippen LogP) is 2.88. The van der Waals surface area contributed by atoms with E-state index in [4.69, 9.17) is 9.47 Å². The molecule has 1 aliphatic carbocycles. The van der Waals surface area contributed by atoms with E-state index in [1.165, 1.54) is 0 Å². The quantitative estimate of drug-likeness (QED) is 0.479. The molecule has 2 aliphatic rings. The molecular weight excluding hydrogens is 292 g/mol. The molecule has 1 saturated heterocycles. The molecule has 1 aliphatic heterocycles.